The van der Waals surface area contributed by atoms with Crippen molar-refractivity contribution < 1.29 is 4.79 Å². The largest absolute Gasteiger partial charge is 0.366 e. The summed E-state index contributed by atoms with van der Waals surface area (Å²) in [5, 5.41) is 0.161. The topological polar surface area (TPSA) is 68.9 Å². The van der Waals surface area contributed by atoms with Crippen molar-refractivity contribution in [2.75, 3.05) is 0 Å². The van der Waals surface area contributed by atoms with Crippen molar-refractivity contribution in [1.29, 1.82) is 0 Å². The molecule has 2 aromatic rings. The minimum atomic E-state index is -0.573. The number of nitrogens with two attached hydrogens (primary N) is 1. The molecule has 0 spiro atoms. The van der Waals surface area contributed by atoms with Crippen molar-refractivity contribution in [2.24, 2.45) is 5.73 Å². The fraction of sp³-hybridized carbons (Fsp3) is 0.214. The van der Waals surface area contributed by atoms with Gasteiger partial charge >= 0.3 is 0 Å². The van der Waals surface area contributed by atoms with Crippen molar-refractivity contribution in [3.63, 3.8) is 0 Å². The molecule has 0 saturated heterocycles. The number of pyridine rings is 2. The minimum Gasteiger partial charge on any atom is -0.366 e. The second-order valence-electron chi connectivity index (χ2n) is 4.17. The minimum absolute atomic E-state index is 0.161. The lowest BCUT2D eigenvalue weighted by atomic mass is 10.0. The molecule has 5 heteroatoms. The van der Waals surface area contributed by atoms with Crippen molar-refractivity contribution >= 4 is 17.5 Å². The number of amides is 1. The molecule has 0 unspecified atom stereocenters. The van der Waals surface area contributed by atoms with Crippen molar-refractivity contribution in [1.82, 2.24) is 9.97 Å². The van der Waals surface area contributed by atoms with Crippen molar-refractivity contribution in [3.8, 4) is 11.1 Å². The molecule has 0 bridgehead atoms. The van der Waals surface area contributed by atoms with Crippen LogP contribution in [-0.4, -0.2) is 15.9 Å². The first kappa shape index (κ1) is 13.5. The Bertz CT molecular complexity index is 599. The van der Waals surface area contributed by atoms with Gasteiger partial charge in [-0.3, -0.25) is 9.78 Å². The van der Waals surface area contributed by atoms with Crippen LogP contribution in [0, 0.1) is 0 Å². The predicted octanol–water partition coefficient (Wildman–Crippen LogP) is 2.85. The maximum Gasteiger partial charge on any atom is 0.251 e. The zero-order valence-corrected chi connectivity index (χ0v) is 11.3. The quantitative estimate of drug-likeness (QED) is 0.873. The summed E-state index contributed by atoms with van der Waals surface area (Å²) in [5.41, 5.74) is 8.24. The van der Waals surface area contributed by atoms with Crippen LogP contribution in [0.5, 0.6) is 0 Å². The van der Waals surface area contributed by atoms with E-state index in [1.807, 2.05) is 12.1 Å². The van der Waals surface area contributed by atoms with Gasteiger partial charge in [-0.25, -0.2) is 4.98 Å². The molecule has 19 heavy (non-hydrogen) atoms. The Hall–Kier alpha value is -1.94. The number of hydrogen-bond acceptors (Lipinski definition) is 3. The third-order valence-electron chi connectivity index (χ3n) is 2.80. The summed E-state index contributed by atoms with van der Waals surface area (Å²) >= 11 is 6.00. The number of halogens is 1. The number of aromatic nitrogens is 2. The van der Waals surface area contributed by atoms with Gasteiger partial charge in [-0.2, -0.15) is 0 Å². The second kappa shape index (κ2) is 5.80. The maximum absolute atomic E-state index is 11.4. The van der Waals surface area contributed by atoms with E-state index in [0.717, 1.165) is 29.7 Å². The molecule has 0 aliphatic heterocycles. The number of carbonyl (C=O) groups excluding carboxylic acids is 1. The third kappa shape index (κ3) is 2.90. The average molecular weight is 276 g/mol. The summed E-state index contributed by atoms with van der Waals surface area (Å²) in [4.78, 5) is 19.6. The van der Waals surface area contributed by atoms with Gasteiger partial charge in [0.25, 0.3) is 5.91 Å². The SMILES string of the molecule is CCCc1nc(Cl)c(C(N)=O)cc1-c1ccncc1. The van der Waals surface area contributed by atoms with Crippen LogP contribution >= 0.6 is 11.6 Å². The van der Waals surface area contributed by atoms with Gasteiger partial charge in [-0.05, 0) is 30.2 Å². The molecular formula is C14H14ClN3O. The number of nitrogens with zero attached hydrogens (tertiary/aromatic N) is 2. The van der Waals surface area contributed by atoms with E-state index in [2.05, 4.69) is 16.9 Å². The van der Waals surface area contributed by atoms with Crippen molar-refractivity contribution in [2.45, 2.75) is 19.8 Å². The Balaban J connectivity index is 2.62. The molecule has 0 saturated carbocycles. The lowest BCUT2D eigenvalue weighted by Crippen LogP contribution is -2.13. The summed E-state index contributed by atoms with van der Waals surface area (Å²) in [5.74, 6) is -0.573. The number of hydrogen-bond donors (Lipinski definition) is 1. The van der Waals surface area contributed by atoms with Crippen LogP contribution in [0.3, 0.4) is 0 Å². The molecule has 0 aliphatic rings. The number of rotatable bonds is 4. The van der Waals surface area contributed by atoms with Gasteiger partial charge in [0.1, 0.15) is 5.15 Å². The van der Waals surface area contributed by atoms with Gasteiger partial charge in [-0.15, -0.1) is 0 Å². The summed E-state index contributed by atoms with van der Waals surface area (Å²) in [6.45, 7) is 2.06. The van der Waals surface area contributed by atoms with Crippen LogP contribution in [0.4, 0.5) is 0 Å². The zero-order chi connectivity index (χ0) is 13.8. The molecule has 0 radical (unpaired) electrons. The molecule has 98 valence electrons. The highest BCUT2D eigenvalue weighted by Gasteiger charge is 2.14. The monoisotopic (exact) mass is 275 g/mol. The fourth-order valence-corrected chi connectivity index (χ4v) is 2.16. The third-order valence-corrected chi connectivity index (χ3v) is 3.09. The van der Waals surface area contributed by atoms with E-state index in [4.69, 9.17) is 17.3 Å². The smallest absolute Gasteiger partial charge is 0.251 e. The maximum atomic E-state index is 11.4. The molecular weight excluding hydrogens is 262 g/mol. The molecule has 2 rings (SSSR count). The molecule has 2 aromatic heterocycles. The lowest BCUT2D eigenvalue weighted by molar-refractivity contribution is 0.1000. The highest BCUT2D eigenvalue weighted by Crippen LogP contribution is 2.27. The van der Waals surface area contributed by atoms with Crippen LogP contribution in [-0.2, 0) is 6.42 Å². The fourth-order valence-electron chi connectivity index (χ4n) is 1.91. The van der Waals surface area contributed by atoms with Gasteiger partial charge in [0.2, 0.25) is 0 Å². The van der Waals surface area contributed by atoms with Gasteiger partial charge in [-0.1, -0.05) is 24.9 Å². The van der Waals surface area contributed by atoms with Crippen LogP contribution < -0.4 is 5.73 Å². The Kier molecular flexibility index (Phi) is 4.12. The first-order valence-corrected chi connectivity index (χ1v) is 6.41. The van der Waals surface area contributed by atoms with Crippen LogP contribution in [0.25, 0.3) is 11.1 Å². The van der Waals surface area contributed by atoms with E-state index in [1.165, 1.54) is 0 Å². The Morgan fingerprint density at radius 3 is 2.63 bits per heavy atom. The highest BCUT2D eigenvalue weighted by atomic mass is 35.5. The van der Waals surface area contributed by atoms with E-state index in [9.17, 15) is 4.79 Å². The van der Waals surface area contributed by atoms with Gasteiger partial charge in [0, 0.05) is 23.7 Å². The second-order valence-corrected chi connectivity index (χ2v) is 4.53. The first-order valence-electron chi connectivity index (χ1n) is 6.03. The molecule has 1 amide bonds. The lowest BCUT2D eigenvalue weighted by Gasteiger charge is -2.11. The Labute approximate surface area is 116 Å². The van der Waals surface area contributed by atoms with Crippen molar-refractivity contribution in [3.05, 3.63) is 47.0 Å². The van der Waals surface area contributed by atoms with Crippen LogP contribution in [0.1, 0.15) is 29.4 Å². The molecule has 0 aliphatic carbocycles. The Morgan fingerprint density at radius 1 is 1.37 bits per heavy atom. The molecule has 0 aromatic carbocycles. The Morgan fingerprint density at radius 2 is 2.05 bits per heavy atom. The highest BCUT2D eigenvalue weighted by molar-refractivity contribution is 6.32. The molecule has 2 N–H and O–H groups in total. The normalized spacial score (nSPS) is 10.4. The molecule has 0 fully saturated rings. The molecule has 2 heterocycles. The standard InChI is InChI=1S/C14H14ClN3O/c1-2-3-12-10(9-4-6-17-7-5-9)8-11(14(16)19)13(15)18-12/h4-8H,2-3H2,1H3,(H2,16,19). The molecule has 0 atom stereocenters. The summed E-state index contributed by atoms with van der Waals surface area (Å²) in [7, 11) is 0. The average Bonchev–Trinajstić information content (AvgIpc) is 2.40. The number of aryl methyl sites for hydroxylation is 1. The van der Waals surface area contributed by atoms with E-state index < -0.39 is 5.91 Å². The first-order chi connectivity index (χ1) is 9.13. The van der Waals surface area contributed by atoms with Gasteiger partial charge in [0.15, 0.2) is 0 Å². The van der Waals surface area contributed by atoms with Gasteiger partial charge < -0.3 is 5.73 Å². The van der Waals surface area contributed by atoms with Gasteiger partial charge in [0.05, 0.1) is 5.56 Å². The van der Waals surface area contributed by atoms with E-state index in [1.54, 1.807) is 18.5 Å². The van der Waals surface area contributed by atoms with E-state index >= 15 is 0 Å². The number of carbonyl (C=O) groups is 1. The van der Waals surface area contributed by atoms with Crippen LogP contribution in [0.15, 0.2) is 30.6 Å². The summed E-state index contributed by atoms with van der Waals surface area (Å²) < 4.78 is 0. The zero-order valence-electron chi connectivity index (χ0n) is 10.6. The predicted molar refractivity (Wildman–Crippen MR) is 75.0 cm³/mol. The number of primary amides is 1. The van der Waals surface area contributed by atoms with E-state index in [0.29, 0.717) is 0 Å². The van der Waals surface area contributed by atoms with Crippen LogP contribution in [0.2, 0.25) is 5.15 Å². The summed E-state index contributed by atoms with van der Waals surface area (Å²) in [6, 6.07) is 5.45. The van der Waals surface area contributed by atoms with E-state index in [-0.39, 0.29) is 10.7 Å². The molecule has 4 nitrogen and oxygen atoms in total. The summed E-state index contributed by atoms with van der Waals surface area (Å²) in [6.07, 6.45) is 5.13.